The molecular formula is C41H51N3O4. The molecule has 3 aromatic carbocycles. The van der Waals surface area contributed by atoms with Crippen LogP contribution in [-0.4, -0.2) is 47.8 Å². The van der Waals surface area contributed by atoms with Gasteiger partial charge in [0, 0.05) is 36.7 Å². The SMILES string of the molecule is C=CCN(C)CC1OC(c2cccc(-c3cccc(CNC(=O)NC45CC6CC(CC(C6)C4)C5)c3)c2)OC(c2ccc(CO)cc2)C1C. The minimum absolute atomic E-state index is 0.00411. The lowest BCUT2D eigenvalue weighted by Gasteiger charge is -2.56. The summed E-state index contributed by atoms with van der Waals surface area (Å²) in [6.07, 6.45) is 8.68. The number of aliphatic hydroxyl groups excluding tert-OH is 1. The van der Waals surface area contributed by atoms with Gasteiger partial charge in [0.15, 0.2) is 6.29 Å². The van der Waals surface area contributed by atoms with Crippen LogP contribution in [0.4, 0.5) is 4.79 Å². The maximum atomic E-state index is 13.1. The van der Waals surface area contributed by atoms with E-state index in [4.69, 9.17) is 9.47 Å². The molecule has 4 bridgehead atoms. The first-order valence-corrected chi connectivity index (χ1v) is 17.8. The summed E-state index contributed by atoms with van der Waals surface area (Å²) in [5.41, 5.74) is 6.14. The van der Waals surface area contributed by atoms with Gasteiger partial charge in [-0.05, 0) is 103 Å². The van der Waals surface area contributed by atoms with Crippen LogP contribution in [0.3, 0.4) is 0 Å². The highest BCUT2D eigenvalue weighted by Crippen LogP contribution is 2.55. The Bertz CT molecular complexity index is 1550. The van der Waals surface area contributed by atoms with Crippen LogP contribution in [0.15, 0.2) is 85.5 Å². The van der Waals surface area contributed by atoms with Gasteiger partial charge in [0.05, 0.1) is 18.8 Å². The first-order valence-electron chi connectivity index (χ1n) is 17.8. The molecule has 7 heteroatoms. The third kappa shape index (κ3) is 7.25. The van der Waals surface area contributed by atoms with E-state index in [0.29, 0.717) is 6.54 Å². The zero-order chi connectivity index (χ0) is 33.3. The van der Waals surface area contributed by atoms with Crippen molar-refractivity contribution in [2.75, 3.05) is 20.1 Å². The van der Waals surface area contributed by atoms with Gasteiger partial charge in [-0.1, -0.05) is 73.7 Å². The summed E-state index contributed by atoms with van der Waals surface area (Å²) in [4.78, 5) is 15.3. The molecule has 1 heterocycles. The second-order valence-corrected chi connectivity index (χ2v) is 15.2. The number of benzene rings is 3. The molecule has 2 amide bonds. The summed E-state index contributed by atoms with van der Waals surface area (Å²) in [6, 6.07) is 24.8. The number of hydrogen-bond acceptors (Lipinski definition) is 5. The van der Waals surface area contributed by atoms with Gasteiger partial charge in [-0.2, -0.15) is 0 Å². The molecule has 3 aromatic rings. The first kappa shape index (κ1) is 33.0. The van der Waals surface area contributed by atoms with Crippen LogP contribution in [0.5, 0.6) is 0 Å². The average Bonchev–Trinajstić information content (AvgIpc) is 3.08. The summed E-state index contributed by atoms with van der Waals surface area (Å²) in [5, 5.41) is 16.2. The third-order valence-corrected chi connectivity index (χ3v) is 11.3. The van der Waals surface area contributed by atoms with E-state index >= 15 is 0 Å². The fraction of sp³-hybridized carbons (Fsp3) is 0.488. The molecule has 4 unspecified atom stereocenters. The van der Waals surface area contributed by atoms with Gasteiger partial charge >= 0.3 is 6.03 Å². The zero-order valence-corrected chi connectivity index (χ0v) is 28.4. The van der Waals surface area contributed by atoms with Crippen LogP contribution in [0.1, 0.15) is 80.1 Å². The van der Waals surface area contributed by atoms with Crippen molar-refractivity contribution in [3.05, 3.63) is 108 Å². The molecular weight excluding hydrogens is 598 g/mol. The number of aliphatic hydroxyl groups is 1. The molecule has 0 radical (unpaired) electrons. The molecule has 1 saturated heterocycles. The number of amides is 2. The Labute approximate surface area is 285 Å². The molecule has 0 aromatic heterocycles. The molecule has 4 saturated carbocycles. The van der Waals surface area contributed by atoms with Crippen molar-refractivity contribution in [1.29, 1.82) is 0 Å². The normalized spacial score (nSPS) is 30.7. The monoisotopic (exact) mass is 649 g/mol. The van der Waals surface area contributed by atoms with E-state index in [1.54, 1.807) is 0 Å². The number of nitrogens with zero attached hydrogens (tertiary/aromatic N) is 1. The Balaban J connectivity index is 1.05. The van der Waals surface area contributed by atoms with Crippen molar-refractivity contribution in [2.45, 2.75) is 82.6 Å². The Morgan fingerprint density at radius 3 is 2.25 bits per heavy atom. The van der Waals surface area contributed by atoms with Gasteiger partial charge < -0.3 is 30.1 Å². The topological polar surface area (TPSA) is 83.1 Å². The van der Waals surface area contributed by atoms with Gasteiger partial charge in [0.2, 0.25) is 0 Å². The molecule has 0 spiro atoms. The highest BCUT2D eigenvalue weighted by molar-refractivity contribution is 5.75. The van der Waals surface area contributed by atoms with Crippen LogP contribution in [0.2, 0.25) is 0 Å². The molecule has 8 rings (SSSR count). The molecule has 7 nitrogen and oxygen atoms in total. The van der Waals surface area contributed by atoms with Crippen molar-refractivity contribution in [2.24, 2.45) is 23.7 Å². The Morgan fingerprint density at radius 1 is 0.917 bits per heavy atom. The van der Waals surface area contributed by atoms with E-state index in [2.05, 4.69) is 96.7 Å². The van der Waals surface area contributed by atoms with Gasteiger partial charge in [-0.3, -0.25) is 0 Å². The number of urea groups is 1. The van der Waals surface area contributed by atoms with Crippen LogP contribution < -0.4 is 10.6 Å². The number of ether oxygens (including phenoxy) is 2. The van der Waals surface area contributed by atoms with Crippen LogP contribution in [0.25, 0.3) is 11.1 Å². The molecule has 48 heavy (non-hydrogen) atoms. The highest BCUT2D eigenvalue weighted by Gasteiger charge is 2.51. The lowest BCUT2D eigenvalue weighted by molar-refractivity contribution is -0.275. The molecule has 4 atom stereocenters. The van der Waals surface area contributed by atoms with Gasteiger partial charge in [-0.25, -0.2) is 4.79 Å². The van der Waals surface area contributed by atoms with Crippen molar-refractivity contribution in [3.63, 3.8) is 0 Å². The number of likely N-dealkylation sites (N-methyl/N-ethyl adjacent to an activating group) is 1. The second kappa shape index (κ2) is 14.2. The van der Waals surface area contributed by atoms with E-state index in [9.17, 15) is 9.90 Å². The Morgan fingerprint density at radius 2 is 1.58 bits per heavy atom. The van der Waals surface area contributed by atoms with Gasteiger partial charge in [0.25, 0.3) is 0 Å². The summed E-state index contributed by atoms with van der Waals surface area (Å²) in [5.74, 6) is 2.50. The van der Waals surface area contributed by atoms with Gasteiger partial charge in [-0.15, -0.1) is 6.58 Å². The largest absolute Gasteiger partial charge is 0.392 e. The minimum atomic E-state index is -0.538. The first-order chi connectivity index (χ1) is 23.3. The summed E-state index contributed by atoms with van der Waals surface area (Å²) in [6.45, 7) is 8.12. The highest BCUT2D eigenvalue weighted by atomic mass is 16.7. The number of nitrogens with one attached hydrogen (secondary N) is 2. The minimum Gasteiger partial charge on any atom is -0.392 e. The fourth-order valence-corrected chi connectivity index (χ4v) is 9.39. The maximum absolute atomic E-state index is 13.1. The van der Waals surface area contributed by atoms with E-state index in [0.717, 1.165) is 83.5 Å². The summed E-state index contributed by atoms with van der Waals surface area (Å²) < 4.78 is 13.4. The van der Waals surface area contributed by atoms with Crippen molar-refractivity contribution in [3.8, 4) is 11.1 Å². The molecule has 1 aliphatic heterocycles. The quantitative estimate of drug-likeness (QED) is 0.187. The molecule has 254 valence electrons. The van der Waals surface area contributed by atoms with E-state index < -0.39 is 6.29 Å². The van der Waals surface area contributed by atoms with E-state index in [-0.39, 0.29) is 36.3 Å². The fourth-order valence-electron chi connectivity index (χ4n) is 9.39. The zero-order valence-electron chi connectivity index (χ0n) is 28.4. The number of rotatable bonds is 11. The number of carbonyl (C=O) groups is 1. The predicted octanol–water partition coefficient (Wildman–Crippen LogP) is 7.52. The molecule has 3 N–H and O–H groups in total. The van der Waals surface area contributed by atoms with Crippen LogP contribution in [-0.2, 0) is 22.6 Å². The van der Waals surface area contributed by atoms with Crippen molar-refractivity contribution in [1.82, 2.24) is 15.5 Å². The van der Waals surface area contributed by atoms with Crippen LogP contribution in [0, 0.1) is 23.7 Å². The van der Waals surface area contributed by atoms with E-state index in [1.807, 2.05) is 18.2 Å². The van der Waals surface area contributed by atoms with Crippen molar-refractivity contribution < 1.29 is 19.4 Å². The lowest BCUT2D eigenvalue weighted by Crippen LogP contribution is -2.61. The Kier molecular flexibility index (Phi) is 9.75. The number of carbonyl (C=O) groups excluding carboxylic acids is 1. The third-order valence-electron chi connectivity index (χ3n) is 11.3. The maximum Gasteiger partial charge on any atom is 0.315 e. The second-order valence-electron chi connectivity index (χ2n) is 15.2. The Hall–Kier alpha value is -3.49. The molecule has 5 fully saturated rings. The van der Waals surface area contributed by atoms with Crippen molar-refractivity contribution >= 4 is 6.03 Å². The van der Waals surface area contributed by atoms with Gasteiger partial charge in [0.1, 0.15) is 0 Å². The summed E-state index contributed by atoms with van der Waals surface area (Å²) >= 11 is 0. The smallest absolute Gasteiger partial charge is 0.315 e. The van der Waals surface area contributed by atoms with Crippen LogP contribution >= 0.6 is 0 Å². The molecule has 4 aliphatic carbocycles. The standard InChI is InChI=1S/C41H51N3O4/c1-4-15-44(3)25-37-27(2)38(33-13-11-28(26-45)12-14-33)48-39(47-37)36-10-6-9-35(20-36)34-8-5-7-29(19-34)24-42-40(46)43-41-21-30-16-31(22-41)18-32(17-30)23-41/h4-14,19-20,27,30-32,37-39,45H,1,15-18,21-26H2,2-3H3,(H2,42,43,46). The van der Waals surface area contributed by atoms with E-state index in [1.165, 1.54) is 19.3 Å². The predicted molar refractivity (Wildman–Crippen MR) is 189 cm³/mol. The average molecular weight is 650 g/mol. The summed E-state index contributed by atoms with van der Waals surface area (Å²) in [7, 11) is 2.09. The molecule has 5 aliphatic rings. The number of hydrogen-bond donors (Lipinski definition) is 3. The lowest BCUT2D eigenvalue weighted by atomic mass is 9.53.